The standard InChI is InChI=1S/C18H16ClN3O2S/c19-13-5-1-11(2-6-13)9-16-21-17(22-24-16)15-8-7-14(25-15)10-20-18(23)12-3-4-12/h1-2,5-8,12H,3-4,9-10H2,(H,20,23). The van der Waals surface area contributed by atoms with Crippen molar-refractivity contribution < 1.29 is 9.32 Å². The number of benzene rings is 1. The summed E-state index contributed by atoms with van der Waals surface area (Å²) >= 11 is 7.46. The minimum atomic E-state index is 0.153. The number of aromatic nitrogens is 2. The highest BCUT2D eigenvalue weighted by molar-refractivity contribution is 7.15. The third-order valence-corrected chi connectivity index (χ3v) is 5.34. The molecule has 0 aliphatic heterocycles. The van der Waals surface area contributed by atoms with Gasteiger partial charge in [0, 0.05) is 15.8 Å². The van der Waals surface area contributed by atoms with Gasteiger partial charge >= 0.3 is 0 Å². The Bertz CT molecular complexity index is 884. The summed E-state index contributed by atoms with van der Waals surface area (Å²) in [5, 5.41) is 7.73. The van der Waals surface area contributed by atoms with Crippen LogP contribution in [0.4, 0.5) is 0 Å². The number of rotatable bonds is 6. The number of carbonyl (C=O) groups is 1. The lowest BCUT2D eigenvalue weighted by atomic mass is 10.1. The van der Waals surface area contributed by atoms with Crippen LogP contribution in [0.5, 0.6) is 0 Å². The van der Waals surface area contributed by atoms with Crippen LogP contribution >= 0.6 is 22.9 Å². The highest BCUT2D eigenvalue weighted by atomic mass is 35.5. The average molecular weight is 374 g/mol. The average Bonchev–Trinajstić information content (AvgIpc) is 3.18. The Labute approximate surface area is 154 Å². The van der Waals surface area contributed by atoms with Crippen molar-refractivity contribution in [1.82, 2.24) is 15.5 Å². The molecule has 0 spiro atoms. The number of thiophene rings is 1. The molecule has 0 bridgehead atoms. The zero-order valence-corrected chi connectivity index (χ0v) is 14.9. The van der Waals surface area contributed by atoms with Gasteiger partial charge in [0.25, 0.3) is 0 Å². The third kappa shape index (κ3) is 4.08. The summed E-state index contributed by atoms with van der Waals surface area (Å²) in [4.78, 5) is 18.2. The van der Waals surface area contributed by atoms with E-state index in [1.807, 2.05) is 36.4 Å². The fraction of sp³-hybridized carbons (Fsp3) is 0.278. The molecule has 7 heteroatoms. The van der Waals surface area contributed by atoms with E-state index in [1.165, 1.54) is 0 Å². The lowest BCUT2D eigenvalue weighted by Crippen LogP contribution is -2.23. The molecule has 1 aliphatic rings. The first kappa shape index (κ1) is 16.3. The molecule has 1 aliphatic carbocycles. The van der Waals surface area contributed by atoms with Crippen LogP contribution in [0.25, 0.3) is 10.7 Å². The Hall–Kier alpha value is -2.18. The topological polar surface area (TPSA) is 68.0 Å². The van der Waals surface area contributed by atoms with Crippen LogP contribution in [0.2, 0.25) is 5.02 Å². The molecule has 4 rings (SSSR count). The van der Waals surface area contributed by atoms with Crippen LogP contribution in [0.1, 0.15) is 29.2 Å². The highest BCUT2D eigenvalue weighted by Crippen LogP contribution is 2.30. The zero-order chi connectivity index (χ0) is 17.2. The van der Waals surface area contributed by atoms with E-state index in [-0.39, 0.29) is 11.8 Å². The van der Waals surface area contributed by atoms with Gasteiger partial charge in [0.1, 0.15) is 0 Å². The van der Waals surface area contributed by atoms with E-state index in [4.69, 9.17) is 16.1 Å². The molecule has 1 fully saturated rings. The first-order valence-corrected chi connectivity index (χ1v) is 9.30. The number of carbonyl (C=O) groups excluding carboxylic acids is 1. The van der Waals surface area contributed by atoms with E-state index < -0.39 is 0 Å². The van der Waals surface area contributed by atoms with Crippen LogP contribution < -0.4 is 5.32 Å². The summed E-state index contributed by atoms with van der Waals surface area (Å²) in [5.74, 6) is 1.52. The lowest BCUT2D eigenvalue weighted by Gasteiger charge is -2.00. The Balaban J connectivity index is 1.39. The first-order chi connectivity index (χ1) is 12.2. The van der Waals surface area contributed by atoms with E-state index >= 15 is 0 Å². The number of nitrogens with zero attached hydrogens (tertiary/aromatic N) is 2. The van der Waals surface area contributed by atoms with Gasteiger partial charge in [-0.3, -0.25) is 4.79 Å². The van der Waals surface area contributed by atoms with Gasteiger partial charge in [-0.25, -0.2) is 0 Å². The second-order valence-corrected chi connectivity index (χ2v) is 7.68. The van der Waals surface area contributed by atoms with E-state index in [0.29, 0.717) is 29.7 Å². The van der Waals surface area contributed by atoms with Gasteiger partial charge < -0.3 is 9.84 Å². The van der Waals surface area contributed by atoms with Crippen molar-refractivity contribution in [1.29, 1.82) is 0 Å². The Morgan fingerprint density at radius 1 is 1.24 bits per heavy atom. The number of hydrogen-bond acceptors (Lipinski definition) is 5. The molecule has 0 saturated heterocycles. The van der Waals surface area contributed by atoms with Crippen molar-refractivity contribution in [3.63, 3.8) is 0 Å². The molecule has 3 aromatic rings. The van der Waals surface area contributed by atoms with Crippen molar-refractivity contribution in [2.45, 2.75) is 25.8 Å². The number of amides is 1. The van der Waals surface area contributed by atoms with Crippen molar-refractivity contribution in [2.75, 3.05) is 0 Å². The molecule has 5 nitrogen and oxygen atoms in total. The van der Waals surface area contributed by atoms with Crippen LogP contribution in [0, 0.1) is 5.92 Å². The molecule has 0 unspecified atom stereocenters. The van der Waals surface area contributed by atoms with Gasteiger partial charge in [-0.2, -0.15) is 4.98 Å². The molecular weight excluding hydrogens is 358 g/mol. The van der Waals surface area contributed by atoms with E-state index in [9.17, 15) is 4.79 Å². The molecule has 2 aromatic heterocycles. The van der Waals surface area contributed by atoms with Crippen molar-refractivity contribution >= 4 is 28.8 Å². The fourth-order valence-electron chi connectivity index (χ4n) is 2.46. The predicted molar refractivity (Wildman–Crippen MR) is 96.4 cm³/mol. The molecule has 128 valence electrons. The number of halogens is 1. The molecular formula is C18H16ClN3O2S. The normalized spacial score (nSPS) is 13.8. The highest BCUT2D eigenvalue weighted by Gasteiger charge is 2.29. The van der Waals surface area contributed by atoms with E-state index in [1.54, 1.807) is 11.3 Å². The second-order valence-electron chi connectivity index (χ2n) is 6.07. The minimum absolute atomic E-state index is 0.153. The molecule has 1 aromatic carbocycles. The summed E-state index contributed by atoms with van der Waals surface area (Å²) in [6, 6.07) is 11.5. The fourth-order valence-corrected chi connectivity index (χ4v) is 3.46. The summed E-state index contributed by atoms with van der Waals surface area (Å²) in [5.41, 5.74) is 1.06. The Morgan fingerprint density at radius 3 is 2.80 bits per heavy atom. The molecule has 0 radical (unpaired) electrons. The summed E-state index contributed by atoms with van der Waals surface area (Å²) in [6.45, 7) is 0.551. The quantitative estimate of drug-likeness (QED) is 0.707. The lowest BCUT2D eigenvalue weighted by molar-refractivity contribution is -0.122. The smallest absolute Gasteiger partial charge is 0.231 e. The minimum Gasteiger partial charge on any atom is -0.351 e. The predicted octanol–water partition coefficient (Wildman–Crippen LogP) is 4.07. The molecule has 25 heavy (non-hydrogen) atoms. The second kappa shape index (κ2) is 6.98. The van der Waals surface area contributed by atoms with E-state index in [0.717, 1.165) is 28.2 Å². The van der Waals surface area contributed by atoms with Gasteiger partial charge in [0.2, 0.25) is 17.6 Å². The van der Waals surface area contributed by atoms with Crippen LogP contribution in [-0.2, 0) is 17.8 Å². The van der Waals surface area contributed by atoms with Crippen molar-refractivity contribution in [3.05, 3.63) is 57.8 Å². The Morgan fingerprint density at radius 2 is 2.04 bits per heavy atom. The van der Waals surface area contributed by atoms with Gasteiger partial charge in [0.15, 0.2) is 0 Å². The summed E-state index contributed by atoms with van der Waals surface area (Å²) in [7, 11) is 0. The van der Waals surface area contributed by atoms with Crippen LogP contribution in [-0.4, -0.2) is 16.0 Å². The molecule has 1 saturated carbocycles. The molecule has 0 atom stereocenters. The van der Waals surface area contributed by atoms with Gasteiger partial charge in [-0.05, 0) is 42.7 Å². The van der Waals surface area contributed by atoms with Gasteiger partial charge in [-0.15, -0.1) is 11.3 Å². The zero-order valence-electron chi connectivity index (χ0n) is 13.4. The molecule has 2 heterocycles. The number of hydrogen-bond donors (Lipinski definition) is 1. The van der Waals surface area contributed by atoms with Crippen LogP contribution in [0.3, 0.4) is 0 Å². The maximum atomic E-state index is 11.7. The molecule has 1 amide bonds. The van der Waals surface area contributed by atoms with Crippen LogP contribution in [0.15, 0.2) is 40.9 Å². The Kier molecular flexibility index (Phi) is 4.55. The summed E-state index contributed by atoms with van der Waals surface area (Å²) < 4.78 is 5.34. The van der Waals surface area contributed by atoms with Crippen molar-refractivity contribution in [3.8, 4) is 10.7 Å². The van der Waals surface area contributed by atoms with Crippen molar-refractivity contribution in [2.24, 2.45) is 5.92 Å². The van der Waals surface area contributed by atoms with E-state index in [2.05, 4.69) is 15.5 Å². The SMILES string of the molecule is O=C(NCc1ccc(-c2noc(Cc3ccc(Cl)cc3)n2)s1)C1CC1. The number of nitrogens with one attached hydrogen (secondary N) is 1. The maximum absolute atomic E-state index is 11.7. The third-order valence-electron chi connectivity index (χ3n) is 4.00. The molecule has 1 N–H and O–H groups in total. The monoisotopic (exact) mass is 373 g/mol. The first-order valence-electron chi connectivity index (χ1n) is 8.11. The largest absolute Gasteiger partial charge is 0.351 e. The maximum Gasteiger partial charge on any atom is 0.231 e. The van der Waals surface area contributed by atoms with Gasteiger partial charge in [-0.1, -0.05) is 28.9 Å². The summed E-state index contributed by atoms with van der Waals surface area (Å²) in [6.07, 6.45) is 2.60. The van der Waals surface area contributed by atoms with Gasteiger partial charge in [0.05, 0.1) is 17.8 Å².